The first kappa shape index (κ1) is 17.7. The molecule has 0 bridgehead atoms. The van der Waals surface area contributed by atoms with Crippen LogP contribution in [0.25, 0.3) is 11.0 Å². The molecule has 0 saturated carbocycles. The molecule has 148 valence electrons. The topological polar surface area (TPSA) is 114 Å². The minimum atomic E-state index is -3.71. The molecule has 8 nitrogen and oxygen atoms in total. The molecule has 1 spiro atoms. The highest BCUT2D eigenvalue weighted by Crippen LogP contribution is 2.41. The van der Waals surface area contributed by atoms with Crippen LogP contribution in [0.15, 0.2) is 34.4 Å². The van der Waals surface area contributed by atoms with Crippen LogP contribution in [-0.2, 0) is 14.6 Å². The van der Waals surface area contributed by atoms with E-state index in [9.17, 15) is 8.42 Å². The van der Waals surface area contributed by atoms with Crippen molar-refractivity contribution in [2.24, 2.45) is 5.41 Å². The second-order valence-corrected chi connectivity index (χ2v) is 9.85. The fourth-order valence-corrected chi connectivity index (χ4v) is 6.10. The lowest BCUT2D eigenvalue weighted by molar-refractivity contribution is -0.117. The van der Waals surface area contributed by atoms with Crippen molar-refractivity contribution in [3.63, 3.8) is 0 Å². The second-order valence-electron chi connectivity index (χ2n) is 7.91. The van der Waals surface area contributed by atoms with E-state index in [0.29, 0.717) is 34.6 Å². The lowest BCUT2D eigenvalue weighted by Crippen LogP contribution is -2.54. The van der Waals surface area contributed by atoms with E-state index >= 15 is 0 Å². The van der Waals surface area contributed by atoms with E-state index in [-0.39, 0.29) is 16.1 Å². The molecule has 1 aliphatic carbocycles. The minimum absolute atomic E-state index is 0.0615. The van der Waals surface area contributed by atoms with Gasteiger partial charge in [0.2, 0.25) is 9.84 Å². The molecule has 3 aliphatic rings. The number of rotatable bonds is 3. The quantitative estimate of drug-likeness (QED) is 0.810. The third-order valence-corrected chi connectivity index (χ3v) is 7.89. The standard InChI is InChI=1S/C19H23N5O3S/c20-17-16(28(25,26)13-5-2-1-3-6-13)14-15(23-17)18(22-12-21-14)24-8-4-7-19(9-24)10-27-11-19/h1-2,5,12,23H,3-4,6-11,20H2. The van der Waals surface area contributed by atoms with Gasteiger partial charge < -0.3 is 20.4 Å². The molecule has 2 aromatic rings. The zero-order valence-corrected chi connectivity index (χ0v) is 16.3. The van der Waals surface area contributed by atoms with Crippen LogP contribution in [0.3, 0.4) is 0 Å². The summed E-state index contributed by atoms with van der Waals surface area (Å²) in [7, 11) is -3.71. The van der Waals surface area contributed by atoms with Crippen molar-refractivity contribution in [1.29, 1.82) is 0 Å². The second kappa shape index (κ2) is 6.31. The molecule has 0 radical (unpaired) electrons. The zero-order chi connectivity index (χ0) is 19.4. The van der Waals surface area contributed by atoms with Crippen LogP contribution in [0.2, 0.25) is 0 Å². The molecule has 4 heterocycles. The highest BCUT2D eigenvalue weighted by Gasteiger charge is 2.43. The molecule has 28 heavy (non-hydrogen) atoms. The molecular weight excluding hydrogens is 378 g/mol. The van der Waals surface area contributed by atoms with Crippen LogP contribution < -0.4 is 10.6 Å². The van der Waals surface area contributed by atoms with Crippen molar-refractivity contribution in [3.05, 3.63) is 29.5 Å². The number of sulfone groups is 1. The maximum Gasteiger partial charge on any atom is 0.208 e. The summed E-state index contributed by atoms with van der Waals surface area (Å²) in [5, 5.41) is 0. The van der Waals surface area contributed by atoms with Crippen molar-refractivity contribution in [2.75, 3.05) is 36.9 Å². The number of aromatic nitrogens is 3. The summed E-state index contributed by atoms with van der Waals surface area (Å²) in [6.07, 6.45) is 10.2. The Bertz CT molecular complexity index is 1100. The number of ether oxygens (including phenoxy) is 1. The number of hydrogen-bond acceptors (Lipinski definition) is 7. The number of hydrogen-bond donors (Lipinski definition) is 2. The lowest BCUT2D eigenvalue weighted by Gasteiger charge is -2.48. The van der Waals surface area contributed by atoms with Crippen LogP contribution in [0, 0.1) is 5.41 Å². The van der Waals surface area contributed by atoms with Gasteiger partial charge in [0, 0.05) is 23.4 Å². The van der Waals surface area contributed by atoms with Gasteiger partial charge in [-0.3, -0.25) is 0 Å². The van der Waals surface area contributed by atoms with E-state index in [4.69, 9.17) is 10.5 Å². The average Bonchev–Trinajstić information content (AvgIpc) is 3.04. The van der Waals surface area contributed by atoms with E-state index in [1.807, 2.05) is 6.08 Å². The van der Waals surface area contributed by atoms with Crippen molar-refractivity contribution in [2.45, 2.75) is 30.6 Å². The van der Waals surface area contributed by atoms with Crippen LogP contribution in [0.5, 0.6) is 0 Å². The monoisotopic (exact) mass is 401 g/mol. The zero-order valence-electron chi connectivity index (χ0n) is 15.5. The Kier molecular flexibility index (Phi) is 3.99. The molecule has 2 saturated heterocycles. The number of aromatic amines is 1. The van der Waals surface area contributed by atoms with Gasteiger partial charge in [-0.05, 0) is 31.8 Å². The third kappa shape index (κ3) is 2.64. The molecular formula is C19H23N5O3S. The molecule has 0 unspecified atom stereocenters. The molecule has 2 aliphatic heterocycles. The van der Waals surface area contributed by atoms with Crippen LogP contribution >= 0.6 is 0 Å². The predicted molar refractivity (Wildman–Crippen MR) is 107 cm³/mol. The Morgan fingerprint density at radius 3 is 2.86 bits per heavy atom. The fourth-order valence-electron chi connectivity index (χ4n) is 4.44. The van der Waals surface area contributed by atoms with Gasteiger partial charge in [-0.1, -0.05) is 12.2 Å². The summed E-state index contributed by atoms with van der Waals surface area (Å²) < 4.78 is 31.9. The number of nitrogens with two attached hydrogens (primary N) is 1. The van der Waals surface area contributed by atoms with Gasteiger partial charge in [0.05, 0.1) is 13.2 Å². The number of nitrogens with one attached hydrogen (secondary N) is 1. The molecule has 2 fully saturated rings. The average molecular weight is 401 g/mol. The summed E-state index contributed by atoms with van der Waals surface area (Å²) in [4.78, 5) is 14.4. The van der Waals surface area contributed by atoms with E-state index in [2.05, 4.69) is 19.9 Å². The molecule has 2 aromatic heterocycles. The largest absolute Gasteiger partial charge is 0.384 e. The van der Waals surface area contributed by atoms with Crippen molar-refractivity contribution in [3.8, 4) is 0 Å². The third-order valence-electron chi connectivity index (χ3n) is 5.91. The van der Waals surface area contributed by atoms with Crippen molar-refractivity contribution < 1.29 is 13.2 Å². The number of nitrogen functional groups attached to an aromatic ring is 1. The fraction of sp³-hybridized carbons (Fsp3) is 0.474. The molecule has 0 atom stereocenters. The lowest BCUT2D eigenvalue weighted by atomic mass is 9.78. The first-order chi connectivity index (χ1) is 13.5. The van der Waals surface area contributed by atoms with Crippen molar-refractivity contribution in [1.82, 2.24) is 15.0 Å². The number of fused-ring (bicyclic) bond motifs is 1. The Labute approximate surface area is 163 Å². The predicted octanol–water partition coefficient (Wildman–Crippen LogP) is 2.16. The van der Waals surface area contributed by atoms with E-state index in [1.165, 1.54) is 6.33 Å². The van der Waals surface area contributed by atoms with Crippen LogP contribution in [0.1, 0.15) is 25.7 Å². The maximum absolute atomic E-state index is 13.2. The normalized spacial score (nSPS) is 21.7. The Balaban J connectivity index is 1.60. The van der Waals surface area contributed by atoms with Gasteiger partial charge in [0.1, 0.15) is 28.1 Å². The smallest absolute Gasteiger partial charge is 0.208 e. The first-order valence-corrected chi connectivity index (χ1v) is 11.0. The Morgan fingerprint density at radius 2 is 2.14 bits per heavy atom. The Morgan fingerprint density at radius 1 is 1.29 bits per heavy atom. The summed E-state index contributed by atoms with van der Waals surface area (Å²) in [6.45, 7) is 3.25. The molecule has 5 rings (SSSR count). The number of anilines is 2. The summed E-state index contributed by atoms with van der Waals surface area (Å²) in [5.74, 6) is 0.826. The molecule has 0 amide bonds. The van der Waals surface area contributed by atoms with Gasteiger partial charge in [0.25, 0.3) is 0 Å². The summed E-state index contributed by atoms with van der Waals surface area (Å²) >= 11 is 0. The van der Waals surface area contributed by atoms with E-state index in [1.54, 1.807) is 12.2 Å². The van der Waals surface area contributed by atoms with Gasteiger partial charge >= 0.3 is 0 Å². The maximum atomic E-state index is 13.2. The van der Waals surface area contributed by atoms with Crippen LogP contribution in [0.4, 0.5) is 11.6 Å². The Hall–Kier alpha value is -2.39. The van der Waals surface area contributed by atoms with E-state index in [0.717, 1.165) is 39.1 Å². The molecule has 0 aromatic carbocycles. The van der Waals surface area contributed by atoms with Gasteiger partial charge in [-0.15, -0.1) is 0 Å². The number of H-pyrrole nitrogens is 1. The van der Waals surface area contributed by atoms with Gasteiger partial charge in [0.15, 0.2) is 5.82 Å². The first-order valence-electron chi connectivity index (χ1n) is 9.56. The minimum Gasteiger partial charge on any atom is -0.384 e. The number of allylic oxidation sites excluding steroid dienone is 4. The molecule has 9 heteroatoms. The van der Waals surface area contributed by atoms with Crippen molar-refractivity contribution >= 4 is 32.5 Å². The van der Waals surface area contributed by atoms with Gasteiger partial charge in [-0.2, -0.15) is 0 Å². The van der Waals surface area contributed by atoms with E-state index < -0.39 is 9.84 Å². The highest BCUT2D eigenvalue weighted by molar-refractivity contribution is 7.95. The van der Waals surface area contributed by atoms with Crippen LogP contribution in [-0.4, -0.2) is 49.7 Å². The number of piperidine rings is 1. The van der Waals surface area contributed by atoms with Gasteiger partial charge in [-0.25, -0.2) is 18.4 Å². The summed E-state index contributed by atoms with van der Waals surface area (Å²) in [5.41, 5.74) is 7.28. The SMILES string of the molecule is Nc1[nH]c2c(N3CCCC4(COC4)C3)ncnc2c1S(=O)(=O)C1=CC=CCC1. The molecule has 3 N–H and O–H groups in total. The number of nitrogens with zero attached hydrogens (tertiary/aromatic N) is 3. The summed E-state index contributed by atoms with van der Waals surface area (Å²) in [6, 6.07) is 0. The highest BCUT2D eigenvalue weighted by atomic mass is 32.2.